The molecule has 1 saturated heterocycles. The zero-order valence-corrected chi connectivity index (χ0v) is 15.3. The fraction of sp³-hybridized carbons (Fsp3) is 0.632. The Bertz CT molecular complexity index is 564. The largest absolute Gasteiger partial charge is 0.354 e. The maximum absolute atomic E-state index is 14.0. The van der Waals surface area contributed by atoms with Gasteiger partial charge < -0.3 is 10.6 Å². The van der Waals surface area contributed by atoms with Crippen LogP contribution in [0.4, 0.5) is 4.39 Å². The maximum atomic E-state index is 14.0. The maximum Gasteiger partial charge on any atom is 0.237 e. The number of hydrogen-bond acceptors (Lipinski definition) is 2. The molecule has 2 fully saturated rings. The molecule has 2 N–H and O–H groups in total. The monoisotopic (exact) mass is 354 g/mol. The molecule has 1 saturated carbocycles. The minimum absolute atomic E-state index is 0. The van der Waals surface area contributed by atoms with Gasteiger partial charge in [-0.05, 0) is 36.8 Å². The first-order chi connectivity index (χ1) is 11.0. The first kappa shape index (κ1) is 19.2. The van der Waals surface area contributed by atoms with Crippen LogP contribution in [0.15, 0.2) is 24.3 Å². The van der Waals surface area contributed by atoms with E-state index < -0.39 is 5.41 Å². The van der Waals surface area contributed by atoms with E-state index in [0.29, 0.717) is 24.1 Å². The van der Waals surface area contributed by atoms with Crippen LogP contribution < -0.4 is 10.6 Å². The van der Waals surface area contributed by atoms with Crippen LogP contribution in [0.3, 0.4) is 0 Å². The summed E-state index contributed by atoms with van der Waals surface area (Å²) in [7, 11) is 0. The minimum atomic E-state index is -0.424. The van der Waals surface area contributed by atoms with Gasteiger partial charge >= 0.3 is 0 Å². The second-order valence-corrected chi connectivity index (χ2v) is 7.69. The molecule has 5 heteroatoms. The molecular weight excluding hydrogens is 327 g/mol. The van der Waals surface area contributed by atoms with Crippen LogP contribution in [0.1, 0.15) is 51.5 Å². The fourth-order valence-corrected chi connectivity index (χ4v) is 4.06. The number of carbonyl (C=O) groups is 1. The van der Waals surface area contributed by atoms with Gasteiger partial charge in [0.25, 0.3) is 0 Å². The van der Waals surface area contributed by atoms with Crippen molar-refractivity contribution in [2.75, 3.05) is 6.54 Å². The molecule has 1 aromatic carbocycles. The van der Waals surface area contributed by atoms with Crippen LogP contribution in [0.5, 0.6) is 0 Å². The van der Waals surface area contributed by atoms with E-state index in [0.717, 1.165) is 6.42 Å². The van der Waals surface area contributed by atoms with Gasteiger partial charge in [0.2, 0.25) is 5.91 Å². The lowest BCUT2D eigenvalue weighted by atomic mass is 9.84. The summed E-state index contributed by atoms with van der Waals surface area (Å²) in [5, 5.41) is 6.53. The van der Waals surface area contributed by atoms with E-state index in [-0.39, 0.29) is 30.2 Å². The number of nitrogens with one attached hydrogen (secondary N) is 2. The lowest BCUT2D eigenvalue weighted by molar-refractivity contribution is -0.123. The second-order valence-electron chi connectivity index (χ2n) is 7.69. The fourth-order valence-electron chi connectivity index (χ4n) is 4.06. The Morgan fingerprint density at radius 2 is 2.00 bits per heavy atom. The van der Waals surface area contributed by atoms with Crippen molar-refractivity contribution in [2.45, 2.75) is 63.5 Å². The molecule has 3 atom stereocenters. The summed E-state index contributed by atoms with van der Waals surface area (Å²) in [4.78, 5) is 12.5. The molecule has 1 aromatic rings. The number of halogens is 2. The molecule has 1 heterocycles. The summed E-state index contributed by atoms with van der Waals surface area (Å²) in [6, 6.07) is 7.23. The molecule has 2 aliphatic rings. The Morgan fingerprint density at radius 1 is 1.29 bits per heavy atom. The van der Waals surface area contributed by atoms with E-state index >= 15 is 0 Å². The van der Waals surface area contributed by atoms with E-state index in [1.165, 1.54) is 31.7 Å². The topological polar surface area (TPSA) is 41.1 Å². The SMILES string of the molecule is CC(C)(CNC(=O)C1CC2CCCCC2N1)c1ccccc1F.Cl. The number of rotatable bonds is 4. The van der Waals surface area contributed by atoms with E-state index in [9.17, 15) is 9.18 Å². The van der Waals surface area contributed by atoms with Crippen molar-refractivity contribution in [1.29, 1.82) is 0 Å². The average Bonchev–Trinajstić information content (AvgIpc) is 2.97. The molecule has 1 amide bonds. The van der Waals surface area contributed by atoms with E-state index in [2.05, 4.69) is 10.6 Å². The van der Waals surface area contributed by atoms with Gasteiger partial charge in [-0.15, -0.1) is 12.4 Å². The summed E-state index contributed by atoms with van der Waals surface area (Å²) >= 11 is 0. The molecule has 134 valence electrons. The molecule has 0 radical (unpaired) electrons. The van der Waals surface area contributed by atoms with Crippen LogP contribution >= 0.6 is 12.4 Å². The van der Waals surface area contributed by atoms with Crippen molar-refractivity contribution >= 4 is 18.3 Å². The Kier molecular flexibility index (Phi) is 6.27. The molecule has 1 aliphatic carbocycles. The Morgan fingerprint density at radius 3 is 2.71 bits per heavy atom. The third-order valence-corrected chi connectivity index (χ3v) is 5.49. The molecule has 24 heavy (non-hydrogen) atoms. The highest BCUT2D eigenvalue weighted by molar-refractivity contribution is 5.85. The van der Waals surface area contributed by atoms with Crippen LogP contribution in [-0.2, 0) is 10.2 Å². The van der Waals surface area contributed by atoms with Crippen molar-refractivity contribution in [3.8, 4) is 0 Å². The summed E-state index contributed by atoms with van der Waals surface area (Å²) in [6.07, 6.45) is 5.92. The van der Waals surface area contributed by atoms with Gasteiger partial charge in [0.15, 0.2) is 0 Å². The van der Waals surface area contributed by atoms with Gasteiger partial charge in [0.05, 0.1) is 6.04 Å². The molecule has 0 aromatic heterocycles. The van der Waals surface area contributed by atoms with Crippen molar-refractivity contribution in [1.82, 2.24) is 10.6 Å². The third-order valence-electron chi connectivity index (χ3n) is 5.49. The average molecular weight is 355 g/mol. The highest BCUT2D eigenvalue weighted by Gasteiger charge is 2.38. The molecule has 3 nitrogen and oxygen atoms in total. The minimum Gasteiger partial charge on any atom is -0.354 e. The summed E-state index contributed by atoms with van der Waals surface area (Å²) in [5.41, 5.74) is 0.222. The van der Waals surface area contributed by atoms with E-state index in [1.54, 1.807) is 12.1 Å². The van der Waals surface area contributed by atoms with Crippen LogP contribution in [0.2, 0.25) is 0 Å². The lowest BCUT2D eigenvalue weighted by Gasteiger charge is -2.27. The standard InChI is InChI=1S/C19H27FN2O.ClH/c1-19(2,14-8-4-5-9-15(14)20)12-21-18(23)17-11-13-7-3-6-10-16(13)22-17;/h4-5,8-9,13,16-17,22H,3,6-7,10-12H2,1-2H3,(H,21,23);1H. The normalized spacial score (nSPS) is 26.4. The van der Waals surface area contributed by atoms with Gasteiger partial charge in [-0.25, -0.2) is 4.39 Å². The third kappa shape index (κ3) is 4.09. The van der Waals surface area contributed by atoms with Crippen LogP contribution in [0.25, 0.3) is 0 Å². The summed E-state index contributed by atoms with van der Waals surface area (Å²) in [6.45, 7) is 4.38. The molecule has 1 aliphatic heterocycles. The number of hydrogen-bond donors (Lipinski definition) is 2. The van der Waals surface area contributed by atoms with E-state index in [1.807, 2.05) is 19.9 Å². The number of benzene rings is 1. The molecule has 3 rings (SSSR count). The number of carbonyl (C=O) groups excluding carboxylic acids is 1. The molecule has 0 spiro atoms. The van der Waals surface area contributed by atoms with Gasteiger partial charge in [-0.3, -0.25) is 4.79 Å². The lowest BCUT2D eigenvalue weighted by Crippen LogP contribution is -2.46. The van der Waals surface area contributed by atoms with Crippen LogP contribution in [-0.4, -0.2) is 24.5 Å². The van der Waals surface area contributed by atoms with Crippen molar-refractivity contribution in [2.24, 2.45) is 5.92 Å². The highest BCUT2D eigenvalue weighted by Crippen LogP contribution is 2.33. The second kappa shape index (κ2) is 7.83. The predicted octanol–water partition coefficient (Wildman–Crippen LogP) is 3.56. The van der Waals surface area contributed by atoms with E-state index in [4.69, 9.17) is 0 Å². The van der Waals surface area contributed by atoms with Crippen molar-refractivity contribution in [3.63, 3.8) is 0 Å². The first-order valence-corrected chi connectivity index (χ1v) is 8.76. The van der Waals surface area contributed by atoms with Gasteiger partial charge in [-0.2, -0.15) is 0 Å². The van der Waals surface area contributed by atoms with Gasteiger partial charge in [0, 0.05) is 18.0 Å². The van der Waals surface area contributed by atoms with Crippen molar-refractivity contribution < 1.29 is 9.18 Å². The Balaban J connectivity index is 0.00000208. The number of amides is 1. The Labute approximate surface area is 150 Å². The predicted molar refractivity (Wildman–Crippen MR) is 97.0 cm³/mol. The smallest absolute Gasteiger partial charge is 0.237 e. The molecule has 0 bridgehead atoms. The highest BCUT2D eigenvalue weighted by atomic mass is 35.5. The molecular formula is C19H28ClFN2O. The zero-order valence-electron chi connectivity index (χ0n) is 14.5. The van der Waals surface area contributed by atoms with Crippen LogP contribution in [0, 0.1) is 11.7 Å². The van der Waals surface area contributed by atoms with Gasteiger partial charge in [-0.1, -0.05) is 44.9 Å². The first-order valence-electron chi connectivity index (χ1n) is 8.76. The Hall–Kier alpha value is -1.13. The molecule has 3 unspecified atom stereocenters. The summed E-state index contributed by atoms with van der Waals surface area (Å²) in [5.74, 6) is 0.500. The van der Waals surface area contributed by atoms with Gasteiger partial charge in [0.1, 0.15) is 5.82 Å². The zero-order chi connectivity index (χ0) is 16.4. The van der Waals surface area contributed by atoms with Crippen molar-refractivity contribution in [3.05, 3.63) is 35.6 Å². The summed E-state index contributed by atoms with van der Waals surface area (Å²) < 4.78 is 14.0. The quantitative estimate of drug-likeness (QED) is 0.868. The number of fused-ring (bicyclic) bond motifs is 1.